The van der Waals surface area contributed by atoms with E-state index in [0.717, 1.165) is 20.8 Å². The van der Waals surface area contributed by atoms with E-state index in [2.05, 4.69) is 4.98 Å². The maximum absolute atomic E-state index is 12.9. The second-order valence-electron chi connectivity index (χ2n) is 6.18. The zero-order valence-electron chi connectivity index (χ0n) is 14.6. The average Bonchev–Trinajstić information content (AvgIpc) is 2.63. The van der Waals surface area contributed by atoms with Crippen molar-refractivity contribution in [1.82, 2.24) is 9.29 Å². The number of nitrogens with zero attached hydrogens (tertiary/aromatic N) is 1. The monoisotopic (exact) mass is 406 g/mol. The molecule has 0 amide bonds. The standard InChI is InChI=1S/C19H19ClN2O4S/c1-13-3-2-4-14-11-15(19(24)21-18(13)14)12-22(9-10-23)27(25,26)17-7-5-16(20)6-8-17/h2-8,11,23H,9-10,12H2,1H3,(H,21,24). The zero-order chi connectivity index (χ0) is 19.6. The molecule has 3 rings (SSSR count). The van der Waals surface area contributed by atoms with Crippen LogP contribution in [-0.2, 0) is 16.6 Å². The molecule has 0 atom stereocenters. The van der Waals surface area contributed by atoms with Crippen LogP contribution < -0.4 is 5.56 Å². The van der Waals surface area contributed by atoms with E-state index < -0.39 is 10.0 Å². The molecule has 0 radical (unpaired) electrons. The predicted molar refractivity (Wildman–Crippen MR) is 105 cm³/mol. The topological polar surface area (TPSA) is 90.5 Å². The number of hydrogen-bond acceptors (Lipinski definition) is 4. The summed E-state index contributed by atoms with van der Waals surface area (Å²) in [6.45, 7) is 1.25. The predicted octanol–water partition coefficient (Wildman–Crippen LogP) is 2.67. The van der Waals surface area contributed by atoms with E-state index in [4.69, 9.17) is 11.6 Å². The van der Waals surface area contributed by atoms with E-state index in [1.807, 2.05) is 25.1 Å². The maximum Gasteiger partial charge on any atom is 0.252 e. The highest BCUT2D eigenvalue weighted by Crippen LogP contribution is 2.21. The number of pyridine rings is 1. The van der Waals surface area contributed by atoms with Gasteiger partial charge in [0.05, 0.1) is 17.0 Å². The van der Waals surface area contributed by atoms with Crippen molar-refractivity contribution in [2.24, 2.45) is 0 Å². The molecule has 0 unspecified atom stereocenters. The number of H-pyrrole nitrogens is 1. The summed E-state index contributed by atoms with van der Waals surface area (Å²) in [7, 11) is -3.89. The number of aliphatic hydroxyl groups excluding tert-OH is 1. The Morgan fingerprint density at radius 2 is 1.85 bits per heavy atom. The lowest BCUT2D eigenvalue weighted by Gasteiger charge is -2.21. The molecule has 8 heteroatoms. The molecule has 6 nitrogen and oxygen atoms in total. The van der Waals surface area contributed by atoms with E-state index in [1.165, 1.54) is 24.3 Å². The highest BCUT2D eigenvalue weighted by molar-refractivity contribution is 7.89. The normalized spacial score (nSPS) is 12.0. The number of nitrogens with one attached hydrogen (secondary N) is 1. The van der Waals surface area contributed by atoms with Gasteiger partial charge >= 0.3 is 0 Å². The second kappa shape index (κ2) is 7.82. The van der Waals surface area contributed by atoms with Crippen molar-refractivity contribution in [3.05, 3.63) is 75.0 Å². The molecule has 0 fully saturated rings. The van der Waals surface area contributed by atoms with Gasteiger partial charge in [0.1, 0.15) is 0 Å². The van der Waals surface area contributed by atoms with Crippen LogP contribution in [0.2, 0.25) is 5.02 Å². The number of benzene rings is 2. The van der Waals surface area contributed by atoms with Crippen LogP contribution in [0.5, 0.6) is 0 Å². The molecule has 0 saturated heterocycles. The Kier molecular flexibility index (Phi) is 5.67. The van der Waals surface area contributed by atoms with Gasteiger partial charge in [-0.2, -0.15) is 4.31 Å². The number of aryl methyl sites for hydroxylation is 1. The van der Waals surface area contributed by atoms with Crippen molar-refractivity contribution in [2.45, 2.75) is 18.4 Å². The molecule has 142 valence electrons. The number of para-hydroxylation sites is 1. The average molecular weight is 407 g/mol. The summed E-state index contributed by atoms with van der Waals surface area (Å²) in [5, 5.41) is 10.6. The molecule has 0 saturated carbocycles. The van der Waals surface area contributed by atoms with E-state index in [9.17, 15) is 18.3 Å². The minimum absolute atomic E-state index is 0.0495. The minimum Gasteiger partial charge on any atom is -0.395 e. The van der Waals surface area contributed by atoms with Crippen LogP contribution >= 0.6 is 11.6 Å². The van der Waals surface area contributed by atoms with Crippen molar-refractivity contribution in [2.75, 3.05) is 13.2 Å². The van der Waals surface area contributed by atoms with Crippen LogP contribution in [-0.4, -0.2) is 36.0 Å². The summed E-state index contributed by atoms with van der Waals surface area (Å²) in [5.74, 6) is 0. The molecule has 0 aliphatic carbocycles. The number of aliphatic hydroxyl groups is 1. The van der Waals surface area contributed by atoms with Crippen LogP contribution in [0, 0.1) is 6.92 Å². The fourth-order valence-corrected chi connectivity index (χ4v) is 4.42. The highest BCUT2D eigenvalue weighted by atomic mass is 35.5. The van der Waals surface area contributed by atoms with Crippen molar-refractivity contribution in [3.8, 4) is 0 Å². The fraction of sp³-hybridized carbons (Fsp3) is 0.211. The van der Waals surface area contributed by atoms with Gasteiger partial charge in [0.25, 0.3) is 5.56 Å². The van der Waals surface area contributed by atoms with Gasteiger partial charge in [-0.05, 0) is 48.2 Å². The Morgan fingerprint density at radius 3 is 2.52 bits per heavy atom. The lowest BCUT2D eigenvalue weighted by molar-refractivity contribution is 0.251. The molecule has 1 heterocycles. The number of fused-ring (bicyclic) bond motifs is 1. The largest absolute Gasteiger partial charge is 0.395 e. The number of sulfonamides is 1. The SMILES string of the molecule is Cc1cccc2cc(CN(CCO)S(=O)(=O)c3ccc(Cl)cc3)c(=O)[nH]c12. The summed E-state index contributed by atoms with van der Waals surface area (Å²) < 4.78 is 26.9. The van der Waals surface area contributed by atoms with Crippen molar-refractivity contribution < 1.29 is 13.5 Å². The van der Waals surface area contributed by atoms with Crippen molar-refractivity contribution >= 4 is 32.5 Å². The fourth-order valence-electron chi connectivity index (χ4n) is 2.89. The first-order chi connectivity index (χ1) is 12.8. The molecular weight excluding hydrogens is 388 g/mol. The van der Waals surface area contributed by atoms with Crippen molar-refractivity contribution in [1.29, 1.82) is 0 Å². The summed E-state index contributed by atoms with van der Waals surface area (Å²) in [6, 6.07) is 13.1. The number of halogens is 1. The van der Waals surface area contributed by atoms with Gasteiger partial charge in [0.2, 0.25) is 10.0 Å². The zero-order valence-corrected chi connectivity index (χ0v) is 16.2. The number of rotatable bonds is 6. The number of aromatic nitrogens is 1. The molecular formula is C19H19ClN2O4S. The molecule has 0 bridgehead atoms. The van der Waals surface area contributed by atoms with Gasteiger partial charge in [-0.1, -0.05) is 29.8 Å². The summed E-state index contributed by atoms with van der Waals surface area (Å²) >= 11 is 5.83. The van der Waals surface area contributed by atoms with Crippen LogP contribution in [0.1, 0.15) is 11.1 Å². The molecule has 0 spiro atoms. The molecule has 0 aliphatic rings. The Morgan fingerprint density at radius 1 is 1.15 bits per heavy atom. The van der Waals surface area contributed by atoms with E-state index in [1.54, 1.807) is 6.07 Å². The van der Waals surface area contributed by atoms with Gasteiger partial charge in [-0.3, -0.25) is 4.79 Å². The Bertz CT molecular complexity index is 1120. The first-order valence-electron chi connectivity index (χ1n) is 8.31. The van der Waals surface area contributed by atoms with Gasteiger partial charge in [0, 0.05) is 23.7 Å². The lowest BCUT2D eigenvalue weighted by Crippen LogP contribution is -2.35. The molecule has 2 aromatic carbocycles. The van der Waals surface area contributed by atoms with Gasteiger partial charge < -0.3 is 10.1 Å². The summed E-state index contributed by atoms with van der Waals surface area (Å²) in [5.41, 5.74) is 1.60. The number of hydrogen-bond donors (Lipinski definition) is 2. The molecule has 27 heavy (non-hydrogen) atoms. The van der Waals surface area contributed by atoms with E-state index >= 15 is 0 Å². The van der Waals surface area contributed by atoms with Gasteiger partial charge in [0.15, 0.2) is 0 Å². The smallest absolute Gasteiger partial charge is 0.252 e. The highest BCUT2D eigenvalue weighted by Gasteiger charge is 2.25. The van der Waals surface area contributed by atoms with E-state index in [0.29, 0.717) is 10.6 Å². The van der Waals surface area contributed by atoms with Crippen LogP contribution in [0.15, 0.2) is 58.2 Å². The van der Waals surface area contributed by atoms with Gasteiger partial charge in [-0.25, -0.2) is 8.42 Å². The Balaban J connectivity index is 2.02. The molecule has 1 aromatic heterocycles. The lowest BCUT2D eigenvalue weighted by atomic mass is 10.1. The summed E-state index contributed by atoms with van der Waals surface area (Å²) in [4.78, 5) is 15.3. The third kappa shape index (κ3) is 4.06. The maximum atomic E-state index is 12.9. The quantitative estimate of drug-likeness (QED) is 0.658. The third-order valence-corrected chi connectivity index (χ3v) is 6.42. The number of aromatic amines is 1. The van der Waals surface area contributed by atoms with E-state index in [-0.39, 0.29) is 30.2 Å². The molecule has 3 aromatic rings. The Hall–Kier alpha value is -2.19. The first-order valence-corrected chi connectivity index (χ1v) is 10.1. The van der Waals surface area contributed by atoms with Crippen LogP contribution in [0.4, 0.5) is 0 Å². The van der Waals surface area contributed by atoms with Gasteiger partial charge in [-0.15, -0.1) is 0 Å². The summed E-state index contributed by atoms with van der Waals surface area (Å²) in [6.07, 6.45) is 0. The first kappa shape index (κ1) is 19.6. The van der Waals surface area contributed by atoms with Crippen LogP contribution in [0.3, 0.4) is 0 Å². The minimum atomic E-state index is -3.89. The third-order valence-electron chi connectivity index (χ3n) is 4.31. The second-order valence-corrected chi connectivity index (χ2v) is 8.55. The molecule has 0 aliphatic heterocycles. The van der Waals surface area contributed by atoms with Crippen molar-refractivity contribution in [3.63, 3.8) is 0 Å². The Labute approximate surface area is 162 Å². The molecule has 2 N–H and O–H groups in total. The van der Waals surface area contributed by atoms with Crippen LogP contribution in [0.25, 0.3) is 10.9 Å².